The van der Waals surface area contributed by atoms with E-state index in [0.717, 1.165) is 5.56 Å². The molecule has 0 heterocycles. The van der Waals surface area contributed by atoms with Gasteiger partial charge in [-0.25, -0.2) is 4.79 Å². The van der Waals surface area contributed by atoms with Crippen LogP contribution in [-0.2, 0) is 0 Å². The number of hydrogen-bond donors (Lipinski definition) is 2. The number of carboxylic acids is 1. The van der Waals surface area contributed by atoms with Gasteiger partial charge in [0.15, 0.2) is 0 Å². The molecular weight excluding hydrogens is 154 g/mol. The van der Waals surface area contributed by atoms with E-state index in [2.05, 4.69) is 0 Å². The highest BCUT2D eigenvalue weighted by Gasteiger charge is 2.02. The van der Waals surface area contributed by atoms with Gasteiger partial charge in [0, 0.05) is 5.69 Å². The number of hydrogen-bond acceptors (Lipinski definition) is 2. The zero-order chi connectivity index (χ0) is 8.43. The van der Waals surface area contributed by atoms with E-state index in [-0.39, 0.29) is 13.0 Å². The maximum Gasteiger partial charge on any atom is 0.335 e. The highest BCUT2D eigenvalue weighted by Crippen LogP contribution is 2.10. The Morgan fingerprint density at radius 1 is 1.42 bits per heavy atom. The molecule has 1 aromatic rings. The summed E-state index contributed by atoms with van der Waals surface area (Å²) in [6, 6.07) is 4.75. The molecule has 0 aliphatic heterocycles. The Labute approximate surface area is 71.8 Å². The topological polar surface area (TPSA) is 63.3 Å². The third-order valence-corrected chi connectivity index (χ3v) is 1.35. The standard InChI is InChI=1S/C8H9NO2.CH4/c1-5-2-6(8(10)11)4-7(9)3-5;/h2-4H,9H2,1H3,(H,10,11);1H4. The minimum atomic E-state index is -0.944. The number of aromatic carboxylic acids is 1. The SMILES string of the molecule is C.Cc1cc(N)cc(C(=O)O)c1. The van der Waals surface area contributed by atoms with E-state index in [4.69, 9.17) is 10.8 Å². The molecule has 0 aliphatic carbocycles. The molecule has 0 aliphatic rings. The first kappa shape index (κ1) is 10.5. The minimum absolute atomic E-state index is 0. The van der Waals surface area contributed by atoms with E-state index in [1.165, 1.54) is 6.07 Å². The van der Waals surface area contributed by atoms with E-state index in [0.29, 0.717) is 5.69 Å². The first-order valence-corrected chi connectivity index (χ1v) is 3.20. The predicted octanol–water partition coefficient (Wildman–Crippen LogP) is 1.91. The van der Waals surface area contributed by atoms with Crippen molar-refractivity contribution >= 4 is 11.7 Å². The van der Waals surface area contributed by atoms with Gasteiger partial charge >= 0.3 is 5.97 Å². The lowest BCUT2D eigenvalue weighted by Gasteiger charge is -1.98. The number of anilines is 1. The van der Waals surface area contributed by atoms with Gasteiger partial charge in [0.05, 0.1) is 5.56 Å². The van der Waals surface area contributed by atoms with Crippen LogP contribution in [0.2, 0.25) is 0 Å². The summed E-state index contributed by atoms with van der Waals surface area (Å²) in [4.78, 5) is 10.4. The lowest BCUT2D eigenvalue weighted by atomic mass is 10.1. The van der Waals surface area contributed by atoms with Gasteiger partial charge in [0.1, 0.15) is 0 Å². The summed E-state index contributed by atoms with van der Waals surface area (Å²) in [6.07, 6.45) is 0. The molecule has 0 bridgehead atoms. The van der Waals surface area contributed by atoms with Crippen molar-refractivity contribution in [1.82, 2.24) is 0 Å². The molecule has 0 saturated heterocycles. The molecule has 66 valence electrons. The number of aryl methyl sites for hydroxylation is 1. The Bertz CT molecular complexity index is 274. The smallest absolute Gasteiger partial charge is 0.335 e. The van der Waals surface area contributed by atoms with Crippen molar-refractivity contribution in [1.29, 1.82) is 0 Å². The predicted molar refractivity (Wildman–Crippen MR) is 49.3 cm³/mol. The molecule has 3 heteroatoms. The van der Waals surface area contributed by atoms with Crippen LogP contribution in [0.4, 0.5) is 5.69 Å². The van der Waals surface area contributed by atoms with Gasteiger partial charge in [-0.3, -0.25) is 0 Å². The van der Waals surface area contributed by atoms with Crippen molar-refractivity contribution < 1.29 is 9.90 Å². The summed E-state index contributed by atoms with van der Waals surface area (Å²) in [6.45, 7) is 1.81. The van der Waals surface area contributed by atoms with Crippen molar-refractivity contribution in [3.05, 3.63) is 29.3 Å². The number of nitrogen functional groups attached to an aromatic ring is 1. The monoisotopic (exact) mass is 167 g/mol. The molecule has 0 atom stereocenters. The first-order valence-electron chi connectivity index (χ1n) is 3.20. The highest BCUT2D eigenvalue weighted by atomic mass is 16.4. The van der Waals surface area contributed by atoms with Gasteiger partial charge in [-0.2, -0.15) is 0 Å². The van der Waals surface area contributed by atoms with Crippen molar-refractivity contribution in [3.63, 3.8) is 0 Å². The zero-order valence-electron chi connectivity index (χ0n) is 6.16. The molecule has 0 aromatic heterocycles. The van der Waals surface area contributed by atoms with Crippen LogP contribution in [0.3, 0.4) is 0 Å². The van der Waals surface area contributed by atoms with Crippen LogP contribution in [0, 0.1) is 6.92 Å². The average Bonchev–Trinajstić information content (AvgIpc) is 1.85. The Hall–Kier alpha value is -1.51. The molecule has 0 unspecified atom stereocenters. The molecule has 1 aromatic carbocycles. The number of carbonyl (C=O) groups is 1. The summed E-state index contributed by atoms with van der Waals surface area (Å²) in [5.74, 6) is -0.944. The van der Waals surface area contributed by atoms with E-state index in [1.807, 2.05) is 6.92 Å². The van der Waals surface area contributed by atoms with Crippen LogP contribution >= 0.6 is 0 Å². The van der Waals surface area contributed by atoms with Crippen molar-refractivity contribution in [2.24, 2.45) is 0 Å². The summed E-state index contributed by atoms with van der Waals surface area (Å²) < 4.78 is 0. The molecule has 0 amide bonds. The van der Waals surface area contributed by atoms with Gasteiger partial charge in [0.2, 0.25) is 0 Å². The summed E-state index contributed by atoms with van der Waals surface area (Å²) in [7, 11) is 0. The summed E-state index contributed by atoms with van der Waals surface area (Å²) in [5.41, 5.74) is 7.02. The second kappa shape index (κ2) is 3.76. The molecule has 0 fully saturated rings. The molecule has 0 saturated carbocycles. The lowest BCUT2D eigenvalue weighted by molar-refractivity contribution is 0.0697. The number of nitrogens with two attached hydrogens (primary N) is 1. The van der Waals surface area contributed by atoms with E-state index in [1.54, 1.807) is 12.1 Å². The second-order valence-electron chi connectivity index (χ2n) is 2.44. The van der Waals surface area contributed by atoms with Crippen molar-refractivity contribution in [3.8, 4) is 0 Å². The van der Waals surface area contributed by atoms with Gasteiger partial charge < -0.3 is 10.8 Å². The Morgan fingerprint density at radius 3 is 2.42 bits per heavy atom. The van der Waals surface area contributed by atoms with Crippen LogP contribution in [0.25, 0.3) is 0 Å². The molecule has 3 nitrogen and oxygen atoms in total. The van der Waals surface area contributed by atoms with Crippen LogP contribution in [0.15, 0.2) is 18.2 Å². The summed E-state index contributed by atoms with van der Waals surface area (Å²) >= 11 is 0. The van der Waals surface area contributed by atoms with Crippen molar-refractivity contribution in [2.75, 3.05) is 5.73 Å². The minimum Gasteiger partial charge on any atom is -0.478 e. The van der Waals surface area contributed by atoms with Crippen LogP contribution in [-0.4, -0.2) is 11.1 Å². The summed E-state index contributed by atoms with van der Waals surface area (Å²) in [5, 5.41) is 8.58. The Balaban J connectivity index is 0.00000121. The van der Waals surface area contributed by atoms with E-state index >= 15 is 0 Å². The van der Waals surface area contributed by atoms with Crippen LogP contribution < -0.4 is 5.73 Å². The molecule has 12 heavy (non-hydrogen) atoms. The van der Waals surface area contributed by atoms with Gasteiger partial charge in [-0.15, -0.1) is 0 Å². The van der Waals surface area contributed by atoms with Crippen molar-refractivity contribution in [2.45, 2.75) is 14.4 Å². The third-order valence-electron chi connectivity index (χ3n) is 1.35. The van der Waals surface area contributed by atoms with Gasteiger partial charge in [-0.05, 0) is 30.7 Å². The maximum absolute atomic E-state index is 10.4. The number of benzene rings is 1. The van der Waals surface area contributed by atoms with Gasteiger partial charge in [-0.1, -0.05) is 7.43 Å². The third kappa shape index (κ3) is 2.27. The second-order valence-corrected chi connectivity index (χ2v) is 2.44. The van der Waals surface area contributed by atoms with Crippen LogP contribution in [0.1, 0.15) is 23.3 Å². The Morgan fingerprint density at radius 2 is 2.00 bits per heavy atom. The van der Waals surface area contributed by atoms with E-state index in [9.17, 15) is 4.79 Å². The van der Waals surface area contributed by atoms with E-state index < -0.39 is 5.97 Å². The van der Waals surface area contributed by atoms with Gasteiger partial charge in [0.25, 0.3) is 0 Å². The molecule has 3 N–H and O–H groups in total. The van der Waals surface area contributed by atoms with Crippen LogP contribution in [0.5, 0.6) is 0 Å². The first-order chi connectivity index (χ1) is 5.09. The average molecular weight is 167 g/mol. The fourth-order valence-corrected chi connectivity index (χ4v) is 0.936. The lowest BCUT2D eigenvalue weighted by Crippen LogP contribution is -1.98. The molecule has 0 radical (unpaired) electrons. The Kier molecular flexibility index (Phi) is 3.29. The quantitative estimate of drug-likeness (QED) is 0.628. The number of carboxylic acid groups (broad SMARTS) is 1. The maximum atomic E-state index is 10.4. The highest BCUT2D eigenvalue weighted by molar-refractivity contribution is 5.88. The fourth-order valence-electron chi connectivity index (χ4n) is 0.936. The molecular formula is C9H13NO2. The fraction of sp³-hybridized carbons (Fsp3) is 0.222. The normalized spacial score (nSPS) is 8.75. The molecule has 1 rings (SSSR count). The number of rotatable bonds is 1. The zero-order valence-corrected chi connectivity index (χ0v) is 6.16. The largest absolute Gasteiger partial charge is 0.478 e. The molecule has 0 spiro atoms.